The van der Waals surface area contributed by atoms with Crippen LogP contribution in [0.1, 0.15) is 13.8 Å². The van der Waals surface area contributed by atoms with Crippen molar-refractivity contribution < 1.29 is 0 Å². The van der Waals surface area contributed by atoms with Gasteiger partial charge in [0.2, 0.25) is 5.96 Å². The van der Waals surface area contributed by atoms with Crippen LogP contribution in [0.2, 0.25) is 0 Å². The summed E-state index contributed by atoms with van der Waals surface area (Å²) in [5, 5.41) is 3.10. The van der Waals surface area contributed by atoms with E-state index in [1.807, 2.05) is 30.3 Å². The number of nitrogens with zero attached hydrogens (tertiary/aromatic N) is 1. The Hall–Kier alpha value is -1.55. The average Bonchev–Trinajstić information content (AvgIpc) is 2.25. The van der Waals surface area contributed by atoms with Crippen LogP contribution in [-0.4, -0.2) is 12.5 Å². The zero-order valence-corrected chi connectivity index (χ0v) is 9.20. The first-order valence-corrected chi connectivity index (χ1v) is 5.05. The fourth-order valence-electron chi connectivity index (χ4n) is 1.05. The molecule has 1 aromatic carbocycles. The Labute approximate surface area is 90.6 Å². The van der Waals surface area contributed by atoms with Gasteiger partial charge in [0.15, 0.2) is 0 Å². The number of rotatable bonds is 3. The third-order valence-corrected chi connectivity index (χ3v) is 1.79. The van der Waals surface area contributed by atoms with E-state index in [0.717, 1.165) is 12.2 Å². The normalized spacial score (nSPS) is 11.6. The van der Waals surface area contributed by atoms with Gasteiger partial charge in [-0.25, -0.2) is 5.84 Å². The fraction of sp³-hybridized carbons (Fsp3) is 0.364. The maximum absolute atomic E-state index is 5.36. The van der Waals surface area contributed by atoms with Gasteiger partial charge in [-0.1, -0.05) is 32.0 Å². The highest BCUT2D eigenvalue weighted by Crippen LogP contribution is 2.04. The Bertz CT molecular complexity index is 306. The van der Waals surface area contributed by atoms with E-state index in [2.05, 4.69) is 29.6 Å². The number of benzene rings is 1. The van der Waals surface area contributed by atoms with Gasteiger partial charge in [0.1, 0.15) is 0 Å². The molecule has 0 aliphatic heterocycles. The monoisotopic (exact) mass is 206 g/mol. The highest BCUT2D eigenvalue weighted by Gasteiger charge is 1.97. The van der Waals surface area contributed by atoms with Crippen LogP contribution in [0.25, 0.3) is 0 Å². The second-order valence-corrected chi connectivity index (χ2v) is 3.72. The van der Waals surface area contributed by atoms with E-state index in [0.29, 0.717) is 11.9 Å². The number of hydrazine groups is 1. The summed E-state index contributed by atoms with van der Waals surface area (Å²) in [4.78, 5) is 4.31. The van der Waals surface area contributed by atoms with Gasteiger partial charge in [-0.15, -0.1) is 0 Å². The molecule has 1 rings (SSSR count). The van der Waals surface area contributed by atoms with Gasteiger partial charge < -0.3 is 5.32 Å². The molecule has 0 saturated heterocycles. The van der Waals surface area contributed by atoms with Gasteiger partial charge >= 0.3 is 0 Å². The van der Waals surface area contributed by atoms with Crippen LogP contribution >= 0.6 is 0 Å². The molecule has 0 fully saturated rings. The molecule has 4 heteroatoms. The molecule has 0 heterocycles. The predicted octanol–water partition coefficient (Wildman–Crippen LogP) is 1.57. The molecule has 0 spiro atoms. The Balaban J connectivity index is 2.58. The van der Waals surface area contributed by atoms with Crippen LogP contribution < -0.4 is 16.6 Å². The van der Waals surface area contributed by atoms with Crippen molar-refractivity contribution >= 4 is 11.6 Å². The molecule has 4 N–H and O–H groups in total. The molecular weight excluding hydrogens is 188 g/mol. The number of aliphatic imine (C=N–C) groups is 1. The summed E-state index contributed by atoms with van der Waals surface area (Å²) < 4.78 is 0. The zero-order chi connectivity index (χ0) is 11.1. The summed E-state index contributed by atoms with van der Waals surface area (Å²) >= 11 is 0. The van der Waals surface area contributed by atoms with Gasteiger partial charge in [0.25, 0.3) is 0 Å². The Kier molecular flexibility index (Phi) is 4.63. The van der Waals surface area contributed by atoms with E-state index < -0.39 is 0 Å². The van der Waals surface area contributed by atoms with Gasteiger partial charge in [-0.05, 0) is 18.1 Å². The van der Waals surface area contributed by atoms with Crippen LogP contribution in [0.5, 0.6) is 0 Å². The highest BCUT2D eigenvalue weighted by atomic mass is 15.3. The lowest BCUT2D eigenvalue weighted by molar-refractivity contribution is 0.663. The molecule has 15 heavy (non-hydrogen) atoms. The second kappa shape index (κ2) is 6.03. The van der Waals surface area contributed by atoms with Crippen LogP contribution in [-0.2, 0) is 0 Å². The largest absolute Gasteiger partial charge is 0.325 e. The maximum atomic E-state index is 5.36. The molecule has 0 aliphatic rings. The first kappa shape index (κ1) is 11.5. The van der Waals surface area contributed by atoms with E-state index in [1.54, 1.807) is 0 Å². The summed E-state index contributed by atoms with van der Waals surface area (Å²) in [6.45, 7) is 4.97. The number of guanidine groups is 1. The smallest absolute Gasteiger partial charge is 0.210 e. The minimum Gasteiger partial charge on any atom is -0.325 e. The summed E-state index contributed by atoms with van der Waals surface area (Å²) in [5.74, 6) is 6.48. The lowest BCUT2D eigenvalue weighted by Gasteiger charge is -2.09. The molecule has 82 valence electrons. The Morgan fingerprint density at radius 1 is 1.33 bits per heavy atom. The topological polar surface area (TPSA) is 62.4 Å². The van der Waals surface area contributed by atoms with E-state index in [1.165, 1.54) is 0 Å². The number of anilines is 1. The van der Waals surface area contributed by atoms with Crippen molar-refractivity contribution in [1.29, 1.82) is 0 Å². The molecule has 0 saturated carbocycles. The summed E-state index contributed by atoms with van der Waals surface area (Å²) in [7, 11) is 0. The molecule has 0 aromatic heterocycles. The number of nitrogens with two attached hydrogens (primary N) is 1. The second-order valence-electron chi connectivity index (χ2n) is 3.72. The molecule has 4 nitrogen and oxygen atoms in total. The molecule has 0 unspecified atom stereocenters. The lowest BCUT2D eigenvalue weighted by Crippen LogP contribution is -2.36. The highest BCUT2D eigenvalue weighted by molar-refractivity contribution is 5.93. The van der Waals surface area contributed by atoms with Crippen molar-refractivity contribution in [3.63, 3.8) is 0 Å². The molecule has 0 atom stereocenters. The van der Waals surface area contributed by atoms with Crippen LogP contribution in [0.15, 0.2) is 35.3 Å². The molecular formula is C11H18N4. The number of para-hydroxylation sites is 1. The van der Waals surface area contributed by atoms with Crippen molar-refractivity contribution in [3.05, 3.63) is 30.3 Å². The standard InChI is InChI=1S/C11H18N4/c1-9(2)8-13-11(15-12)14-10-6-4-3-5-7-10/h3-7,9H,8,12H2,1-2H3,(H2,13,14,15). The minimum absolute atomic E-state index is 0.519. The van der Waals surface area contributed by atoms with Crippen LogP contribution in [0.4, 0.5) is 5.69 Å². The van der Waals surface area contributed by atoms with Crippen molar-refractivity contribution in [3.8, 4) is 0 Å². The van der Waals surface area contributed by atoms with Crippen molar-refractivity contribution in [2.75, 3.05) is 11.9 Å². The molecule has 0 radical (unpaired) electrons. The van der Waals surface area contributed by atoms with Gasteiger partial charge in [0, 0.05) is 12.2 Å². The van der Waals surface area contributed by atoms with Gasteiger partial charge in [-0.3, -0.25) is 10.4 Å². The summed E-state index contributed by atoms with van der Waals surface area (Å²) in [5.41, 5.74) is 3.52. The number of hydrogen-bond donors (Lipinski definition) is 3. The van der Waals surface area contributed by atoms with E-state index in [-0.39, 0.29) is 0 Å². The van der Waals surface area contributed by atoms with Crippen molar-refractivity contribution in [1.82, 2.24) is 5.43 Å². The minimum atomic E-state index is 0.519. The Morgan fingerprint density at radius 3 is 2.53 bits per heavy atom. The molecule has 0 amide bonds. The van der Waals surface area contributed by atoms with Crippen LogP contribution in [0, 0.1) is 5.92 Å². The van der Waals surface area contributed by atoms with E-state index in [9.17, 15) is 0 Å². The maximum Gasteiger partial charge on any atom is 0.210 e. The van der Waals surface area contributed by atoms with Crippen molar-refractivity contribution in [2.45, 2.75) is 13.8 Å². The fourth-order valence-corrected chi connectivity index (χ4v) is 1.05. The lowest BCUT2D eigenvalue weighted by atomic mass is 10.2. The summed E-state index contributed by atoms with van der Waals surface area (Å²) in [6, 6.07) is 9.80. The van der Waals surface area contributed by atoms with E-state index in [4.69, 9.17) is 5.84 Å². The SMILES string of the molecule is CC(C)CN=C(NN)Nc1ccccc1. The van der Waals surface area contributed by atoms with Crippen LogP contribution in [0.3, 0.4) is 0 Å². The molecule has 0 aliphatic carbocycles. The van der Waals surface area contributed by atoms with Crippen molar-refractivity contribution in [2.24, 2.45) is 16.8 Å². The number of nitrogens with one attached hydrogen (secondary N) is 2. The van der Waals surface area contributed by atoms with Gasteiger partial charge in [-0.2, -0.15) is 0 Å². The Morgan fingerprint density at radius 2 is 2.00 bits per heavy atom. The van der Waals surface area contributed by atoms with Gasteiger partial charge in [0.05, 0.1) is 0 Å². The number of hydrogen-bond acceptors (Lipinski definition) is 2. The third-order valence-electron chi connectivity index (χ3n) is 1.79. The zero-order valence-electron chi connectivity index (χ0n) is 9.20. The summed E-state index contributed by atoms with van der Waals surface area (Å²) in [6.07, 6.45) is 0. The quantitative estimate of drug-likeness (QED) is 0.304. The molecule has 1 aromatic rings. The first-order valence-electron chi connectivity index (χ1n) is 5.05. The first-order chi connectivity index (χ1) is 7.22. The van der Waals surface area contributed by atoms with E-state index >= 15 is 0 Å². The predicted molar refractivity (Wildman–Crippen MR) is 64.5 cm³/mol. The molecule has 0 bridgehead atoms. The average molecular weight is 206 g/mol. The third kappa shape index (κ3) is 4.46.